The van der Waals surface area contributed by atoms with E-state index in [0.717, 1.165) is 5.01 Å². The van der Waals surface area contributed by atoms with Gasteiger partial charge in [0.2, 0.25) is 0 Å². The Balaban J connectivity index is 1.71. The molecule has 1 N–H and O–H groups in total. The SMILES string of the molecule is CC1=NN(c2ccccc2)C(=O)/C1=C1/C(=O)N(c2ccc(C(=O)O)cc2)N=C1C. The van der Waals surface area contributed by atoms with Crippen molar-refractivity contribution in [3.63, 3.8) is 0 Å². The average Bonchev–Trinajstić information content (AvgIpc) is 3.17. The number of carbonyl (C=O) groups excluding carboxylic acids is 2. The Labute approximate surface area is 166 Å². The third-order valence-electron chi connectivity index (χ3n) is 4.65. The highest BCUT2D eigenvalue weighted by atomic mass is 16.4. The molecule has 2 aliphatic rings. The monoisotopic (exact) mass is 388 g/mol. The van der Waals surface area contributed by atoms with Gasteiger partial charge >= 0.3 is 5.97 Å². The van der Waals surface area contributed by atoms with Gasteiger partial charge in [-0.05, 0) is 50.2 Å². The number of nitrogens with zero attached hydrogens (tertiary/aromatic N) is 4. The van der Waals surface area contributed by atoms with Gasteiger partial charge in [-0.25, -0.2) is 4.79 Å². The number of hydrogen-bond acceptors (Lipinski definition) is 5. The van der Waals surface area contributed by atoms with Gasteiger partial charge in [0.05, 0.1) is 39.5 Å². The first kappa shape index (κ1) is 18.3. The number of rotatable bonds is 3. The molecule has 0 bridgehead atoms. The lowest BCUT2D eigenvalue weighted by atomic mass is 10.0. The highest BCUT2D eigenvalue weighted by Crippen LogP contribution is 2.30. The summed E-state index contributed by atoms with van der Waals surface area (Å²) < 4.78 is 0. The lowest BCUT2D eigenvalue weighted by Crippen LogP contribution is -2.27. The van der Waals surface area contributed by atoms with Crippen molar-refractivity contribution in [2.24, 2.45) is 10.2 Å². The van der Waals surface area contributed by atoms with E-state index < -0.39 is 17.8 Å². The van der Waals surface area contributed by atoms with Gasteiger partial charge in [0.15, 0.2) is 0 Å². The van der Waals surface area contributed by atoms with E-state index in [4.69, 9.17) is 5.11 Å². The Bertz CT molecular complexity index is 1130. The molecule has 0 saturated heterocycles. The molecule has 0 saturated carbocycles. The van der Waals surface area contributed by atoms with E-state index in [0.29, 0.717) is 22.8 Å². The Morgan fingerprint density at radius 2 is 1.21 bits per heavy atom. The summed E-state index contributed by atoms with van der Waals surface area (Å²) in [7, 11) is 0. The van der Waals surface area contributed by atoms with Crippen molar-refractivity contribution in [1.82, 2.24) is 0 Å². The first-order valence-electron chi connectivity index (χ1n) is 8.81. The van der Waals surface area contributed by atoms with Crippen LogP contribution >= 0.6 is 0 Å². The highest BCUT2D eigenvalue weighted by Gasteiger charge is 2.39. The molecule has 144 valence electrons. The Kier molecular flexibility index (Phi) is 4.31. The molecule has 2 aliphatic heterocycles. The maximum absolute atomic E-state index is 13.1. The van der Waals surface area contributed by atoms with Gasteiger partial charge in [0.25, 0.3) is 11.8 Å². The lowest BCUT2D eigenvalue weighted by Gasteiger charge is -2.13. The molecule has 0 atom stereocenters. The van der Waals surface area contributed by atoms with E-state index in [9.17, 15) is 14.4 Å². The van der Waals surface area contributed by atoms with E-state index in [1.54, 1.807) is 38.1 Å². The van der Waals surface area contributed by atoms with Gasteiger partial charge in [-0.3, -0.25) is 9.59 Å². The first-order chi connectivity index (χ1) is 13.9. The minimum atomic E-state index is -1.06. The number of hydrazone groups is 2. The van der Waals surface area contributed by atoms with Gasteiger partial charge in [0.1, 0.15) is 0 Å². The number of carboxylic acid groups (broad SMARTS) is 1. The molecule has 2 aromatic carbocycles. The molecule has 8 heteroatoms. The van der Waals surface area contributed by atoms with Crippen LogP contribution in [0, 0.1) is 0 Å². The molecular formula is C21H16N4O4. The maximum atomic E-state index is 13.1. The largest absolute Gasteiger partial charge is 0.478 e. The third-order valence-corrected chi connectivity index (χ3v) is 4.65. The van der Waals surface area contributed by atoms with Gasteiger partial charge in [-0.2, -0.15) is 20.2 Å². The minimum absolute atomic E-state index is 0.104. The van der Waals surface area contributed by atoms with E-state index in [1.807, 2.05) is 6.07 Å². The predicted octanol–water partition coefficient (Wildman–Crippen LogP) is 2.83. The highest BCUT2D eigenvalue weighted by molar-refractivity contribution is 6.41. The normalized spacial score (nSPS) is 19.0. The number of benzene rings is 2. The van der Waals surface area contributed by atoms with Crippen molar-refractivity contribution in [2.75, 3.05) is 10.0 Å². The summed E-state index contributed by atoms with van der Waals surface area (Å²) in [6.07, 6.45) is 0. The second kappa shape index (κ2) is 6.83. The van der Waals surface area contributed by atoms with E-state index in [1.165, 1.54) is 29.3 Å². The van der Waals surface area contributed by atoms with E-state index in [2.05, 4.69) is 10.2 Å². The molecule has 0 spiro atoms. The summed E-state index contributed by atoms with van der Waals surface area (Å²) in [4.78, 5) is 37.1. The Morgan fingerprint density at radius 1 is 0.759 bits per heavy atom. The van der Waals surface area contributed by atoms with Crippen LogP contribution in [0.5, 0.6) is 0 Å². The number of carbonyl (C=O) groups is 3. The smallest absolute Gasteiger partial charge is 0.335 e. The van der Waals surface area contributed by atoms with Gasteiger partial charge in [0, 0.05) is 0 Å². The molecule has 4 rings (SSSR count). The second-order valence-corrected chi connectivity index (χ2v) is 6.54. The molecule has 0 radical (unpaired) electrons. The summed E-state index contributed by atoms with van der Waals surface area (Å²) in [5.41, 5.74) is 2.35. The summed E-state index contributed by atoms with van der Waals surface area (Å²) >= 11 is 0. The molecule has 0 aliphatic carbocycles. The zero-order chi connectivity index (χ0) is 20.7. The number of amides is 2. The summed E-state index contributed by atoms with van der Waals surface area (Å²) in [6.45, 7) is 3.33. The van der Waals surface area contributed by atoms with Gasteiger partial charge in [-0.15, -0.1) is 0 Å². The zero-order valence-electron chi connectivity index (χ0n) is 15.7. The van der Waals surface area contributed by atoms with E-state index >= 15 is 0 Å². The van der Waals surface area contributed by atoms with Crippen molar-refractivity contribution in [3.05, 3.63) is 71.3 Å². The predicted molar refractivity (Wildman–Crippen MR) is 108 cm³/mol. The van der Waals surface area contributed by atoms with Crippen LogP contribution in [-0.4, -0.2) is 34.3 Å². The molecule has 0 fully saturated rings. The van der Waals surface area contributed by atoms with Gasteiger partial charge in [-0.1, -0.05) is 18.2 Å². The van der Waals surface area contributed by atoms with Crippen molar-refractivity contribution < 1.29 is 19.5 Å². The van der Waals surface area contributed by atoms with Crippen molar-refractivity contribution in [1.29, 1.82) is 0 Å². The topological polar surface area (TPSA) is 103 Å². The molecule has 29 heavy (non-hydrogen) atoms. The van der Waals surface area contributed by atoms with Crippen molar-refractivity contribution in [2.45, 2.75) is 13.8 Å². The average molecular weight is 388 g/mol. The molecular weight excluding hydrogens is 372 g/mol. The lowest BCUT2D eigenvalue weighted by molar-refractivity contribution is -0.116. The Morgan fingerprint density at radius 3 is 1.66 bits per heavy atom. The van der Waals surface area contributed by atoms with Crippen LogP contribution in [0.3, 0.4) is 0 Å². The van der Waals surface area contributed by atoms with Gasteiger partial charge < -0.3 is 5.11 Å². The molecule has 8 nitrogen and oxygen atoms in total. The number of anilines is 2. The van der Waals surface area contributed by atoms with Crippen LogP contribution in [0.2, 0.25) is 0 Å². The van der Waals surface area contributed by atoms with Crippen molar-refractivity contribution in [3.8, 4) is 0 Å². The van der Waals surface area contributed by atoms with Crippen LogP contribution < -0.4 is 10.0 Å². The number of hydrogen-bond donors (Lipinski definition) is 1. The molecule has 2 heterocycles. The fourth-order valence-electron chi connectivity index (χ4n) is 3.25. The minimum Gasteiger partial charge on any atom is -0.478 e. The summed E-state index contributed by atoms with van der Waals surface area (Å²) in [6, 6.07) is 14.7. The van der Waals surface area contributed by atoms with Crippen LogP contribution in [0.1, 0.15) is 24.2 Å². The van der Waals surface area contributed by atoms with Crippen molar-refractivity contribution >= 4 is 40.6 Å². The summed E-state index contributed by atoms with van der Waals surface area (Å²) in [5.74, 6) is -1.91. The second-order valence-electron chi connectivity index (χ2n) is 6.54. The van der Waals surface area contributed by atoms with Crippen LogP contribution in [0.15, 0.2) is 75.9 Å². The van der Waals surface area contributed by atoms with Crippen LogP contribution in [0.4, 0.5) is 11.4 Å². The number of aromatic carboxylic acids is 1. The number of para-hydroxylation sites is 1. The van der Waals surface area contributed by atoms with Crippen LogP contribution in [-0.2, 0) is 9.59 Å². The molecule has 2 aromatic rings. The zero-order valence-corrected chi connectivity index (χ0v) is 15.7. The fraction of sp³-hybridized carbons (Fsp3) is 0.0952. The quantitative estimate of drug-likeness (QED) is 0.817. The standard InChI is InChI=1S/C21H16N4O4/c1-12-17(19(26)24(22-12)15-6-4-3-5-7-15)18-13(2)23-25(20(18)27)16-10-8-14(9-11-16)21(28)29/h3-11H,1-2H3,(H,28,29)/b18-17+. The van der Waals surface area contributed by atoms with E-state index in [-0.39, 0.29) is 16.7 Å². The molecule has 0 aromatic heterocycles. The first-order valence-corrected chi connectivity index (χ1v) is 8.81. The number of carboxylic acids is 1. The summed E-state index contributed by atoms with van der Waals surface area (Å²) in [5, 5.41) is 20.0. The molecule has 0 unspecified atom stereocenters. The fourth-order valence-corrected chi connectivity index (χ4v) is 3.25. The van der Waals surface area contributed by atoms with Crippen LogP contribution in [0.25, 0.3) is 0 Å². The molecule has 2 amide bonds. The maximum Gasteiger partial charge on any atom is 0.335 e. The Hall–Kier alpha value is -4.07. The third kappa shape index (κ3) is 3.00.